The Morgan fingerprint density at radius 1 is 0.812 bits per heavy atom. The summed E-state index contributed by atoms with van der Waals surface area (Å²) in [7, 11) is 0. The van der Waals surface area contributed by atoms with Crippen LogP contribution in [0.1, 0.15) is 26.3 Å². The minimum Gasteiger partial charge on any atom is -0.332 e. The molecule has 0 spiro atoms. The van der Waals surface area contributed by atoms with Crippen LogP contribution in [0.15, 0.2) is 107 Å². The zero-order chi connectivity index (χ0) is 22.4. The van der Waals surface area contributed by atoms with Crippen molar-refractivity contribution in [3.63, 3.8) is 0 Å². The second-order valence-electron chi connectivity index (χ2n) is 8.45. The van der Waals surface area contributed by atoms with Crippen LogP contribution in [0.3, 0.4) is 0 Å². The Kier molecular flexibility index (Phi) is 6.72. The zero-order valence-corrected chi connectivity index (χ0v) is 19.4. The van der Waals surface area contributed by atoms with Crippen molar-refractivity contribution in [2.75, 3.05) is 0 Å². The standard InChI is InChI=1S/C28H27N3S/c1-28(2,3)29-20-19-24(21-13-7-4-8-14-21)32-27-30-25(22-15-9-5-10-16-22)26(31-27)23-17-11-6-12-18-23/h4-20H,1-3H3,(H,30,31)/b24-19+,29-20?. The van der Waals surface area contributed by atoms with Gasteiger partial charge in [-0.25, -0.2) is 4.98 Å². The molecule has 0 aliphatic carbocycles. The molecule has 3 aromatic carbocycles. The summed E-state index contributed by atoms with van der Waals surface area (Å²) < 4.78 is 0. The highest BCUT2D eigenvalue weighted by molar-refractivity contribution is 8.08. The Balaban J connectivity index is 1.75. The Bertz CT molecular complexity index is 1150. The average molecular weight is 438 g/mol. The van der Waals surface area contributed by atoms with E-state index in [1.807, 2.05) is 36.5 Å². The normalized spacial score (nSPS) is 12.4. The lowest BCUT2D eigenvalue weighted by atomic mass is 10.1. The third-order valence-corrected chi connectivity index (χ3v) is 5.72. The molecule has 0 fully saturated rings. The summed E-state index contributed by atoms with van der Waals surface area (Å²) in [5, 5.41) is 0.849. The lowest BCUT2D eigenvalue weighted by molar-refractivity contribution is 0.587. The number of H-pyrrole nitrogens is 1. The number of allylic oxidation sites excluding steroid dienone is 1. The molecule has 4 heteroatoms. The van der Waals surface area contributed by atoms with Gasteiger partial charge in [0.1, 0.15) is 0 Å². The largest absolute Gasteiger partial charge is 0.332 e. The van der Waals surface area contributed by atoms with Gasteiger partial charge in [0, 0.05) is 22.2 Å². The first-order valence-electron chi connectivity index (χ1n) is 10.7. The molecule has 0 aliphatic heterocycles. The lowest BCUT2D eigenvalue weighted by Crippen LogP contribution is -2.08. The van der Waals surface area contributed by atoms with E-state index in [0.717, 1.165) is 38.1 Å². The molecule has 0 saturated carbocycles. The van der Waals surface area contributed by atoms with Crippen LogP contribution >= 0.6 is 11.8 Å². The van der Waals surface area contributed by atoms with Crippen molar-refractivity contribution in [3.05, 3.63) is 103 Å². The first-order chi connectivity index (χ1) is 15.5. The van der Waals surface area contributed by atoms with Crippen molar-refractivity contribution in [2.24, 2.45) is 4.99 Å². The van der Waals surface area contributed by atoms with Crippen LogP contribution in [0.25, 0.3) is 27.4 Å². The zero-order valence-electron chi connectivity index (χ0n) is 18.6. The number of hydrogen-bond donors (Lipinski definition) is 1. The highest BCUT2D eigenvalue weighted by Gasteiger charge is 2.16. The Labute approximate surface area is 194 Å². The molecule has 0 atom stereocenters. The maximum atomic E-state index is 5.00. The summed E-state index contributed by atoms with van der Waals surface area (Å²) >= 11 is 1.62. The molecule has 0 saturated heterocycles. The van der Waals surface area contributed by atoms with Crippen molar-refractivity contribution in [1.29, 1.82) is 0 Å². The molecule has 1 aromatic heterocycles. The van der Waals surface area contributed by atoms with Crippen molar-refractivity contribution >= 4 is 22.9 Å². The van der Waals surface area contributed by atoms with Gasteiger partial charge in [-0.15, -0.1) is 0 Å². The summed E-state index contributed by atoms with van der Waals surface area (Å²) in [5.74, 6) is 0. The number of aromatic nitrogens is 2. The summed E-state index contributed by atoms with van der Waals surface area (Å²) in [6.45, 7) is 6.28. The number of imidazole rings is 1. The van der Waals surface area contributed by atoms with Gasteiger partial charge in [0.15, 0.2) is 5.16 Å². The molecule has 3 nitrogen and oxygen atoms in total. The molecule has 0 amide bonds. The molecule has 4 rings (SSSR count). The van der Waals surface area contributed by atoms with Gasteiger partial charge in [-0.05, 0) is 32.4 Å². The molecular weight excluding hydrogens is 410 g/mol. The predicted octanol–water partition coefficient (Wildman–Crippen LogP) is 7.75. The molecule has 4 aromatic rings. The number of aliphatic imine (C=N–C) groups is 1. The minimum absolute atomic E-state index is 0.116. The minimum atomic E-state index is -0.116. The van der Waals surface area contributed by atoms with Gasteiger partial charge in [0.05, 0.1) is 16.9 Å². The van der Waals surface area contributed by atoms with E-state index < -0.39 is 0 Å². The molecule has 0 unspecified atom stereocenters. The van der Waals surface area contributed by atoms with Crippen molar-refractivity contribution in [2.45, 2.75) is 31.5 Å². The van der Waals surface area contributed by atoms with Gasteiger partial charge in [0.25, 0.3) is 0 Å². The number of nitrogens with zero attached hydrogens (tertiary/aromatic N) is 2. The highest BCUT2D eigenvalue weighted by atomic mass is 32.2. The number of rotatable bonds is 6. The highest BCUT2D eigenvalue weighted by Crippen LogP contribution is 2.37. The molecule has 0 aliphatic rings. The first kappa shape index (κ1) is 21.8. The van der Waals surface area contributed by atoms with Crippen LogP contribution in [0.5, 0.6) is 0 Å². The smallest absolute Gasteiger partial charge is 0.171 e. The van der Waals surface area contributed by atoms with Crippen LogP contribution in [-0.2, 0) is 0 Å². The quantitative estimate of drug-likeness (QED) is 0.247. The van der Waals surface area contributed by atoms with Crippen molar-refractivity contribution < 1.29 is 0 Å². The monoisotopic (exact) mass is 437 g/mol. The number of hydrogen-bond acceptors (Lipinski definition) is 3. The van der Waals surface area contributed by atoms with E-state index in [9.17, 15) is 0 Å². The predicted molar refractivity (Wildman–Crippen MR) is 138 cm³/mol. The summed E-state index contributed by atoms with van der Waals surface area (Å²) in [6, 6.07) is 31.0. The van der Waals surface area contributed by atoms with Gasteiger partial charge < -0.3 is 4.98 Å². The van der Waals surface area contributed by atoms with Gasteiger partial charge in [0.2, 0.25) is 0 Å². The summed E-state index contributed by atoms with van der Waals surface area (Å²) in [5.41, 5.74) is 5.20. The molecule has 0 bridgehead atoms. The molecule has 1 N–H and O–H groups in total. The number of benzene rings is 3. The fourth-order valence-corrected chi connectivity index (χ4v) is 4.12. The molecule has 1 heterocycles. The summed E-state index contributed by atoms with van der Waals surface area (Å²) in [4.78, 5) is 14.3. The molecule has 0 radical (unpaired) electrons. The topological polar surface area (TPSA) is 41.0 Å². The van der Waals surface area contributed by atoms with Gasteiger partial charge in [-0.1, -0.05) is 103 Å². The average Bonchev–Trinajstić information content (AvgIpc) is 3.23. The van der Waals surface area contributed by atoms with Gasteiger partial charge in [-0.3, -0.25) is 4.99 Å². The van der Waals surface area contributed by atoms with Crippen LogP contribution in [0.4, 0.5) is 0 Å². The van der Waals surface area contributed by atoms with E-state index in [4.69, 9.17) is 4.98 Å². The fraction of sp³-hybridized carbons (Fsp3) is 0.143. The second-order valence-corrected chi connectivity index (χ2v) is 9.48. The van der Waals surface area contributed by atoms with Gasteiger partial charge >= 0.3 is 0 Å². The lowest BCUT2D eigenvalue weighted by Gasteiger charge is -2.10. The molecule has 32 heavy (non-hydrogen) atoms. The third-order valence-electron chi connectivity index (χ3n) is 4.74. The van der Waals surface area contributed by atoms with Crippen LogP contribution in [0.2, 0.25) is 0 Å². The van der Waals surface area contributed by atoms with E-state index >= 15 is 0 Å². The van der Waals surface area contributed by atoms with Gasteiger partial charge in [-0.2, -0.15) is 0 Å². The van der Waals surface area contributed by atoms with Crippen molar-refractivity contribution in [1.82, 2.24) is 9.97 Å². The van der Waals surface area contributed by atoms with E-state index in [1.165, 1.54) is 0 Å². The van der Waals surface area contributed by atoms with E-state index in [0.29, 0.717) is 0 Å². The molecular formula is C28H27N3S. The van der Waals surface area contributed by atoms with E-state index in [1.54, 1.807) is 11.8 Å². The molecule has 160 valence electrons. The summed E-state index contributed by atoms with van der Waals surface area (Å²) in [6.07, 6.45) is 3.96. The van der Waals surface area contributed by atoms with E-state index in [2.05, 4.69) is 97.5 Å². The Morgan fingerprint density at radius 2 is 1.38 bits per heavy atom. The number of aromatic amines is 1. The van der Waals surface area contributed by atoms with Crippen LogP contribution in [-0.4, -0.2) is 21.7 Å². The maximum absolute atomic E-state index is 5.00. The van der Waals surface area contributed by atoms with Crippen molar-refractivity contribution in [3.8, 4) is 22.5 Å². The first-order valence-corrected chi connectivity index (χ1v) is 11.5. The Morgan fingerprint density at radius 3 is 1.97 bits per heavy atom. The maximum Gasteiger partial charge on any atom is 0.171 e. The fourth-order valence-electron chi connectivity index (χ4n) is 3.24. The Hall–Kier alpha value is -3.37. The van der Waals surface area contributed by atoms with E-state index in [-0.39, 0.29) is 5.54 Å². The second kappa shape index (κ2) is 9.84. The SMILES string of the molecule is CC(C)(C)N=C/C=C(/Sc1nc(-c2ccccc2)c(-c2ccccc2)[nH]1)c1ccccc1. The third kappa shape index (κ3) is 5.65. The van der Waals surface area contributed by atoms with Crippen LogP contribution in [0, 0.1) is 0 Å². The number of thioether (sulfide) groups is 1. The van der Waals surface area contributed by atoms with Crippen LogP contribution < -0.4 is 0 Å². The number of nitrogens with one attached hydrogen (secondary N) is 1.